The summed E-state index contributed by atoms with van der Waals surface area (Å²) in [5.74, 6) is -8.87. The van der Waals surface area contributed by atoms with Crippen LogP contribution in [0.15, 0.2) is 47.0 Å². The zero-order chi connectivity index (χ0) is 25.3. The van der Waals surface area contributed by atoms with Crippen molar-refractivity contribution in [3.05, 3.63) is 98.0 Å². The minimum Gasteiger partial charge on any atom is -0.479 e. The van der Waals surface area contributed by atoms with Crippen LogP contribution in [0.3, 0.4) is 0 Å². The van der Waals surface area contributed by atoms with E-state index in [1.54, 1.807) is 18.2 Å². The highest BCUT2D eigenvalue weighted by Crippen LogP contribution is 2.29. The van der Waals surface area contributed by atoms with Crippen LogP contribution in [-0.4, -0.2) is 15.7 Å². The summed E-state index contributed by atoms with van der Waals surface area (Å²) in [5, 5.41) is 7.63. The van der Waals surface area contributed by atoms with E-state index >= 15 is 0 Å². The SMILES string of the molecule is O=C(Nc1nn(Cc2c(Cl)cccc2Cl)cc1Cl)c1ccc(COc2c(F)c(F)cc(F)c2F)o1. The fraction of sp³-hybridized carbons (Fsp3) is 0.0909. The van der Waals surface area contributed by atoms with Gasteiger partial charge in [0, 0.05) is 27.9 Å². The number of rotatable bonds is 7. The van der Waals surface area contributed by atoms with Crippen LogP contribution >= 0.6 is 34.8 Å². The fourth-order valence-corrected chi connectivity index (χ4v) is 3.69. The van der Waals surface area contributed by atoms with Gasteiger partial charge in [0.2, 0.25) is 11.6 Å². The second kappa shape index (κ2) is 10.2. The molecule has 0 spiro atoms. The Morgan fingerprint density at radius 2 is 1.66 bits per heavy atom. The Bertz CT molecular complexity index is 1380. The topological polar surface area (TPSA) is 69.3 Å². The average molecular weight is 549 g/mol. The van der Waals surface area contributed by atoms with E-state index in [4.69, 9.17) is 44.0 Å². The van der Waals surface area contributed by atoms with Gasteiger partial charge in [0.15, 0.2) is 29.0 Å². The van der Waals surface area contributed by atoms with Crippen molar-refractivity contribution in [3.63, 3.8) is 0 Å². The van der Waals surface area contributed by atoms with E-state index in [1.165, 1.54) is 23.0 Å². The molecule has 4 rings (SSSR count). The van der Waals surface area contributed by atoms with Gasteiger partial charge in [-0.2, -0.15) is 13.9 Å². The summed E-state index contributed by atoms with van der Waals surface area (Å²) >= 11 is 18.5. The number of ether oxygens (including phenoxy) is 1. The Morgan fingerprint density at radius 3 is 2.31 bits per heavy atom. The number of furan rings is 1. The molecule has 2 aromatic heterocycles. The molecule has 2 aromatic carbocycles. The maximum Gasteiger partial charge on any atom is 0.292 e. The summed E-state index contributed by atoms with van der Waals surface area (Å²) in [6.07, 6.45) is 1.46. The molecule has 0 unspecified atom stereocenters. The molecule has 35 heavy (non-hydrogen) atoms. The van der Waals surface area contributed by atoms with Gasteiger partial charge in [0.05, 0.1) is 6.54 Å². The monoisotopic (exact) mass is 547 g/mol. The summed E-state index contributed by atoms with van der Waals surface area (Å²) in [6.45, 7) is -0.428. The molecular weight excluding hydrogens is 537 g/mol. The molecular formula is C22H12Cl3F4N3O3. The zero-order valence-electron chi connectivity index (χ0n) is 17.2. The highest BCUT2D eigenvalue weighted by Gasteiger charge is 2.22. The number of anilines is 1. The molecule has 0 aliphatic carbocycles. The molecule has 2 heterocycles. The number of nitrogens with zero attached hydrogens (tertiary/aromatic N) is 2. The van der Waals surface area contributed by atoms with E-state index in [-0.39, 0.29) is 35.0 Å². The van der Waals surface area contributed by atoms with Gasteiger partial charge in [-0.3, -0.25) is 9.48 Å². The Morgan fingerprint density at radius 1 is 1.00 bits per heavy atom. The van der Waals surface area contributed by atoms with Crippen molar-refractivity contribution in [2.45, 2.75) is 13.2 Å². The van der Waals surface area contributed by atoms with E-state index in [2.05, 4.69) is 10.4 Å². The first-order valence-corrected chi connectivity index (χ1v) is 10.8. The number of carbonyl (C=O) groups is 1. The van der Waals surface area contributed by atoms with Gasteiger partial charge in [-0.1, -0.05) is 40.9 Å². The molecule has 1 amide bonds. The van der Waals surface area contributed by atoms with Crippen molar-refractivity contribution in [1.29, 1.82) is 0 Å². The van der Waals surface area contributed by atoms with Gasteiger partial charge in [-0.05, 0) is 24.3 Å². The standard InChI is InChI=1S/C22H12Cl3F4N3O3/c23-12-2-1-3-13(24)11(12)7-32-8-14(25)21(31-32)30-22(33)17-5-4-10(35-17)9-34-20-18(28)15(26)6-16(27)19(20)29/h1-6,8H,7,9H2,(H,30,31,33). The molecule has 0 saturated carbocycles. The minimum atomic E-state index is -1.70. The second-order valence-electron chi connectivity index (χ2n) is 7.03. The number of carbonyl (C=O) groups excluding carboxylic acids is 1. The normalized spacial score (nSPS) is 11.1. The fourth-order valence-electron chi connectivity index (χ4n) is 2.98. The molecule has 13 heteroatoms. The summed E-state index contributed by atoms with van der Waals surface area (Å²) in [7, 11) is 0. The van der Waals surface area contributed by atoms with Crippen LogP contribution in [0.25, 0.3) is 0 Å². The Kier molecular flexibility index (Phi) is 7.25. The number of benzene rings is 2. The predicted octanol–water partition coefficient (Wildman–Crippen LogP) is 6.87. The third-order valence-corrected chi connectivity index (χ3v) is 5.63. The van der Waals surface area contributed by atoms with Crippen LogP contribution in [0.2, 0.25) is 15.1 Å². The molecule has 0 atom stereocenters. The summed E-state index contributed by atoms with van der Waals surface area (Å²) in [6, 6.07) is 7.62. The lowest BCUT2D eigenvalue weighted by molar-refractivity contribution is 0.0991. The van der Waals surface area contributed by atoms with Crippen LogP contribution in [0.4, 0.5) is 23.4 Å². The second-order valence-corrected chi connectivity index (χ2v) is 8.25. The molecule has 0 fully saturated rings. The van der Waals surface area contributed by atoms with Crippen molar-refractivity contribution in [3.8, 4) is 5.75 Å². The first kappa shape index (κ1) is 24.9. The third-order valence-electron chi connectivity index (χ3n) is 4.65. The average Bonchev–Trinajstić information content (AvgIpc) is 3.42. The number of hydrogen-bond acceptors (Lipinski definition) is 4. The molecule has 182 valence electrons. The molecule has 0 bridgehead atoms. The number of halogens is 7. The molecule has 4 aromatic rings. The third kappa shape index (κ3) is 5.39. The van der Waals surface area contributed by atoms with Gasteiger partial charge in [-0.25, -0.2) is 8.78 Å². The van der Waals surface area contributed by atoms with Crippen LogP contribution < -0.4 is 10.1 Å². The number of hydrogen-bond donors (Lipinski definition) is 1. The van der Waals surface area contributed by atoms with Gasteiger partial charge in [-0.15, -0.1) is 0 Å². The summed E-state index contributed by atoms with van der Waals surface area (Å²) in [4.78, 5) is 12.5. The summed E-state index contributed by atoms with van der Waals surface area (Å²) in [5.41, 5.74) is 0.606. The highest BCUT2D eigenvalue weighted by molar-refractivity contribution is 6.36. The van der Waals surface area contributed by atoms with E-state index in [1.807, 2.05) is 0 Å². The van der Waals surface area contributed by atoms with Crippen molar-refractivity contribution in [2.75, 3.05) is 5.32 Å². The van der Waals surface area contributed by atoms with Crippen molar-refractivity contribution in [2.24, 2.45) is 0 Å². The molecule has 0 aliphatic rings. The van der Waals surface area contributed by atoms with Crippen molar-refractivity contribution in [1.82, 2.24) is 9.78 Å². The van der Waals surface area contributed by atoms with E-state index in [0.717, 1.165) is 0 Å². The first-order valence-electron chi connectivity index (χ1n) is 9.65. The number of aromatic nitrogens is 2. The smallest absolute Gasteiger partial charge is 0.292 e. The van der Waals surface area contributed by atoms with Crippen LogP contribution in [-0.2, 0) is 13.2 Å². The van der Waals surface area contributed by atoms with Gasteiger partial charge in [0.1, 0.15) is 17.4 Å². The Labute approximate surface area is 209 Å². The van der Waals surface area contributed by atoms with Crippen LogP contribution in [0, 0.1) is 23.3 Å². The van der Waals surface area contributed by atoms with E-state index in [9.17, 15) is 22.4 Å². The van der Waals surface area contributed by atoms with E-state index < -0.39 is 41.5 Å². The lowest BCUT2D eigenvalue weighted by Crippen LogP contribution is -2.12. The lowest BCUT2D eigenvalue weighted by atomic mass is 10.2. The van der Waals surface area contributed by atoms with Crippen LogP contribution in [0.5, 0.6) is 5.75 Å². The van der Waals surface area contributed by atoms with Crippen molar-refractivity contribution < 1.29 is 31.5 Å². The molecule has 6 nitrogen and oxygen atoms in total. The van der Waals surface area contributed by atoms with Gasteiger partial charge >= 0.3 is 0 Å². The van der Waals surface area contributed by atoms with Gasteiger partial charge in [0.25, 0.3) is 5.91 Å². The largest absolute Gasteiger partial charge is 0.479 e. The summed E-state index contributed by atoms with van der Waals surface area (Å²) < 4.78 is 65.5. The van der Waals surface area contributed by atoms with Crippen molar-refractivity contribution >= 4 is 46.5 Å². The zero-order valence-corrected chi connectivity index (χ0v) is 19.5. The molecule has 0 saturated heterocycles. The Hall–Kier alpha value is -3.21. The number of nitrogens with one attached hydrogen (secondary N) is 1. The maximum atomic E-state index is 13.7. The first-order chi connectivity index (χ1) is 16.6. The maximum absolute atomic E-state index is 13.7. The lowest BCUT2D eigenvalue weighted by Gasteiger charge is -2.08. The molecule has 0 radical (unpaired) electrons. The Balaban J connectivity index is 1.43. The predicted molar refractivity (Wildman–Crippen MR) is 120 cm³/mol. The highest BCUT2D eigenvalue weighted by atomic mass is 35.5. The number of amides is 1. The molecule has 0 aliphatic heterocycles. The minimum absolute atomic E-state index is 0.0217. The van der Waals surface area contributed by atoms with Gasteiger partial charge < -0.3 is 14.5 Å². The quantitative estimate of drug-likeness (QED) is 0.202. The van der Waals surface area contributed by atoms with Crippen LogP contribution in [0.1, 0.15) is 21.9 Å². The molecule has 1 N–H and O–H groups in total. The van der Waals surface area contributed by atoms with E-state index in [0.29, 0.717) is 15.6 Å².